The molecule has 0 radical (unpaired) electrons. The molecule has 0 saturated heterocycles. The summed E-state index contributed by atoms with van der Waals surface area (Å²) >= 11 is 1.33. The summed E-state index contributed by atoms with van der Waals surface area (Å²) in [5, 5.41) is 0.800. The number of hydrogen-bond donors (Lipinski definition) is 2. The Hall–Kier alpha value is -2.21. The Morgan fingerprint density at radius 2 is 1.91 bits per heavy atom. The molecule has 22 heavy (non-hydrogen) atoms. The van der Waals surface area contributed by atoms with Gasteiger partial charge in [0.05, 0.1) is 5.69 Å². The minimum absolute atomic E-state index is 0.0442. The first kappa shape index (κ1) is 14.7. The van der Waals surface area contributed by atoms with Gasteiger partial charge in [-0.25, -0.2) is 4.98 Å². The first-order chi connectivity index (χ1) is 10.6. The predicted molar refractivity (Wildman–Crippen MR) is 85.2 cm³/mol. The van der Waals surface area contributed by atoms with E-state index in [1.165, 1.54) is 11.3 Å². The molecule has 0 atom stereocenters. The minimum Gasteiger partial charge on any atom is -0.273 e. The van der Waals surface area contributed by atoms with Crippen LogP contribution in [0.4, 0.5) is 0 Å². The van der Waals surface area contributed by atoms with E-state index in [0.29, 0.717) is 10.6 Å². The number of thiazole rings is 1. The molecule has 2 amide bonds. The van der Waals surface area contributed by atoms with Gasteiger partial charge in [0.25, 0.3) is 5.91 Å². The maximum atomic E-state index is 12.2. The fourth-order valence-corrected chi connectivity index (χ4v) is 3.23. The highest BCUT2D eigenvalue weighted by atomic mass is 32.1. The molecule has 2 N–H and O–H groups in total. The molecular weight excluding hydrogens is 298 g/mol. The molecule has 0 unspecified atom stereocenters. The summed E-state index contributed by atoms with van der Waals surface area (Å²) < 4.78 is 0. The molecule has 0 aliphatic heterocycles. The second kappa shape index (κ2) is 6.27. The van der Waals surface area contributed by atoms with Gasteiger partial charge in [-0.15, -0.1) is 11.3 Å². The average molecular weight is 315 g/mol. The number of amides is 2. The zero-order valence-electron chi connectivity index (χ0n) is 12.3. The molecule has 0 bridgehead atoms. The van der Waals surface area contributed by atoms with Crippen molar-refractivity contribution in [2.45, 2.75) is 26.2 Å². The number of nitrogens with one attached hydrogen (secondary N) is 2. The van der Waals surface area contributed by atoms with Crippen molar-refractivity contribution < 1.29 is 9.59 Å². The van der Waals surface area contributed by atoms with Crippen LogP contribution in [0.1, 0.15) is 34.6 Å². The summed E-state index contributed by atoms with van der Waals surface area (Å²) in [6.07, 6.45) is 2.89. The van der Waals surface area contributed by atoms with Crippen molar-refractivity contribution in [3.63, 3.8) is 0 Å². The van der Waals surface area contributed by atoms with Gasteiger partial charge in [-0.3, -0.25) is 20.4 Å². The van der Waals surface area contributed by atoms with E-state index in [0.717, 1.165) is 29.8 Å². The third-order valence-electron chi connectivity index (χ3n) is 3.80. The van der Waals surface area contributed by atoms with Crippen LogP contribution in [0.5, 0.6) is 0 Å². The molecule has 1 aliphatic carbocycles. The molecule has 3 rings (SSSR count). The first-order valence-corrected chi connectivity index (χ1v) is 8.10. The fourth-order valence-electron chi connectivity index (χ4n) is 2.26. The number of carbonyl (C=O) groups excluding carboxylic acids is 2. The number of aryl methyl sites for hydroxylation is 1. The summed E-state index contributed by atoms with van der Waals surface area (Å²) in [5.74, 6) is -0.377. The van der Waals surface area contributed by atoms with E-state index in [1.807, 2.05) is 30.3 Å². The number of hydrazine groups is 1. The van der Waals surface area contributed by atoms with Gasteiger partial charge in [-0.2, -0.15) is 0 Å². The Bertz CT molecular complexity index is 693. The number of rotatable bonds is 3. The molecule has 0 spiro atoms. The van der Waals surface area contributed by atoms with E-state index >= 15 is 0 Å². The van der Waals surface area contributed by atoms with Gasteiger partial charge in [0.2, 0.25) is 5.91 Å². The van der Waals surface area contributed by atoms with Crippen molar-refractivity contribution in [2.75, 3.05) is 0 Å². The average Bonchev–Trinajstić information content (AvgIpc) is 2.86. The van der Waals surface area contributed by atoms with Crippen molar-refractivity contribution in [1.29, 1.82) is 0 Å². The number of carbonyl (C=O) groups is 2. The van der Waals surface area contributed by atoms with E-state index in [4.69, 9.17) is 0 Å². The molecule has 1 aromatic heterocycles. The van der Waals surface area contributed by atoms with Gasteiger partial charge in [-0.05, 0) is 19.8 Å². The summed E-state index contributed by atoms with van der Waals surface area (Å²) in [7, 11) is 0. The van der Waals surface area contributed by atoms with Gasteiger partial charge in [0.15, 0.2) is 0 Å². The van der Waals surface area contributed by atoms with Crippen LogP contribution in [0, 0.1) is 12.8 Å². The van der Waals surface area contributed by atoms with Crippen molar-refractivity contribution in [3.05, 3.63) is 40.9 Å². The number of benzene rings is 1. The summed E-state index contributed by atoms with van der Waals surface area (Å²) in [6, 6.07) is 9.72. The maximum absolute atomic E-state index is 12.2. The molecule has 2 aromatic rings. The smallest absolute Gasteiger partial charge is 0.273 e. The quantitative estimate of drug-likeness (QED) is 0.856. The first-order valence-electron chi connectivity index (χ1n) is 7.28. The highest BCUT2D eigenvalue weighted by Crippen LogP contribution is 2.28. The van der Waals surface area contributed by atoms with Crippen LogP contribution in [0.25, 0.3) is 10.6 Å². The predicted octanol–water partition coefficient (Wildman–Crippen LogP) is 2.68. The number of aromatic nitrogens is 1. The molecule has 1 saturated carbocycles. The Balaban J connectivity index is 1.67. The minimum atomic E-state index is -0.315. The molecule has 1 heterocycles. The maximum Gasteiger partial charge on any atom is 0.281 e. The van der Waals surface area contributed by atoms with Crippen LogP contribution in [0.2, 0.25) is 0 Å². The third-order valence-corrected chi connectivity index (χ3v) is 5.00. The highest BCUT2D eigenvalue weighted by molar-refractivity contribution is 7.17. The van der Waals surface area contributed by atoms with Crippen LogP contribution in [-0.4, -0.2) is 16.8 Å². The van der Waals surface area contributed by atoms with Crippen LogP contribution in [0.3, 0.4) is 0 Å². The topological polar surface area (TPSA) is 71.1 Å². The largest absolute Gasteiger partial charge is 0.281 e. The van der Waals surface area contributed by atoms with Crippen molar-refractivity contribution in [2.24, 2.45) is 5.92 Å². The fraction of sp³-hybridized carbons (Fsp3) is 0.312. The van der Waals surface area contributed by atoms with Crippen molar-refractivity contribution >= 4 is 23.2 Å². The Kier molecular flexibility index (Phi) is 4.20. The summed E-state index contributed by atoms with van der Waals surface area (Å²) in [4.78, 5) is 28.9. The third kappa shape index (κ3) is 3.01. The van der Waals surface area contributed by atoms with Gasteiger partial charge >= 0.3 is 0 Å². The normalized spacial score (nSPS) is 14.2. The SMILES string of the molecule is Cc1nc(-c2ccccc2)sc1C(=O)NNC(=O)C1CCC1. The van der Waals surface area contributed by atoms with E-state index < -0.39 is 0 Å². The second-order valence-corrected chi connectivity index (χ2v) is 6.37. The molecular formula is C16H17N3O2S. The zero-order chi connectivity index (χ0) is 15.5. The van der Waals surface area contributed by atoms with E-state index in [2.05, 4.69) is 15.8 Å². The standard InChI is InChI=1S/C16H17N3O2S/c1-10-13(15(21)19-18-14(20)11-8-5-9-11)22-16(17-10)12-6-3-2-4-7-12/h2-4,6-7,11H,5,8-9H2,1H3,(H,18,20)(H,19,21). The number of nitrogens with zero attached hydrogens (tertiary/aromatic N) is 1. The monoisotopic (exact) mass is 315 g/mol. The Labute approximate surface area is 132 Å². The summed E-state index contributed by atoms with van der Waals surface area (Å²) in [5.41, 5.74) is 6.63. The molecule has 1 aromatic carbocycles. The van der Waals surface area contributed by atoms with Gasteiger partial charge in [-0.1, -0.05) is 36.8 Å². The van der Waals surface area contributed by atoms with E-state index in [9.17, 15) is 9.59 Å². The molecule has 1 aliphatic rings. The van der Waals surface area contributed by atoms with Crippen molar-refractivity contribution in [1.82, 2.24) is 15.8 Å². The van der Waals surface area contributed by atoms with Gasteiger partial charge < -0.3 is 0 Å². The molecule has 1 fully saturated rings. The molecule has 6 heteroatoms. The molecule has 5 nitrogen and oxygen atoms in total. The molecule has 114 valence electrons. The van der Waals surface area contributed by atoms with E-state index in [1.54, 1.807) is 6.92 Å². The van der Waals surface area contributed by atoms with Crippen LogP contribution in [-0.2, 0) is 4.79 Å². The summed E-state index contributed by atoms with van der Waals surface area (Å²) in [6.45, 7) is 1.80. The van der Waals surface area contributed by atoms with E-state index in [-0.39, 0.29) is 17.7 Å². The van der Waals surface area contributed by atoms with Crippen LogP contribution >= 0.6 is 11.3 Å². The van der Waals surface area contributed by atoms with Gasteiger partial charge in [0.1, 0.15) is 9.88 Å². The van der Waals surface area contributed by atoms with Crippen LogP contribution in [0.15, 0.2) is 30.3 Å². The lowest BCUT2D eigenvalue weighted by Crippen LogP contribution is -2.45. The van der Waals surface area contributed by atoms with Crippen LogP contribution < -0.4 is 10.9 Å². The highest BCUT2D eigenvalue weighted by Gasteiger charge is 2.26. The Morgan fingerprint density at radius 3 is 2.55 bits per heavy atom. The Morgan fingerprint density at radius 1 is 1.18 bits per heavy atom. The lowest BCUT2D eigenvalue weighted by atomic mass is 9.85. The van der Waals surface area contributed by atoms with Crippen molar-refractivity contribution in [3.8, 4) is 10.6 Å². The van der Waals surface area contributed by atoms with Gasteiger partial charge in [0, 0.05) is 11.5 Å². The lowest BCUT2D eigenvalue weighted by molar-refractivity contribution is -0.128. The second-order valence-electron chi connectivity index (χ2n) is 5.37. The lowest BCUT2D eigenvalue weighted by Gasteiger charge is -2.23. The number of hydrogen-bond acceptors (Lipinski definition) is 4. The zero-order valence-corrected chi connectivity index (χ0v) is 13.1.